The van der Waals surface area contributed by atoms with Crippen molar-refractivity contribution in [1.82, 2.24) is 9.78 Å². The number of hydrogen-bond acceptors (Lipinski definition) is 5. The number of nitrogens with zero attached hydrogens (tertiary/aromatic N) is 3. The summed E-state index contributed by atoms with van der Waals surface area (Å²) in [5, 5.41) is 17.0. The Balaban J connectivity index is 1.35. The Morgan fingerprint density at radius 1 is 1.03 bits per heavy atom. The van der Waals surface area contributed by atoms with E-state index < -0.39 is 6.10 Å². The number of aromatic hydroxyl groups is 1. The molecular formula is C25H22N4O3. The van der Waals surface area contributed by atoms with Gasteiger partial charge in [-0.3, -0.25) is 4.79 Å². The molecule has 2 heterocycles. The number of aromatic nitrogens is 2. The molecule has 2 N–H and O–H groups in total. The summed E-state index contributed by atoms with van der Waals surface area (Å²) in [6, 6.07) is 24.4. The van der Waals surface area contributed by atoms with Crippen molar-refractivity contribution in [3.8, 4) is 17.2 Å². The van der Waals surface area contributed by atoms with Crippen LogP contribution in [-0.4, -0.2) is 33.4 Å². The number of anilines is 2. The van der Waals surface area contributed by atoms with Crippen LogP contribution in [0.25, 0.3) is 5.69 Å². The van der Waals surface area contributed by atoms with Gasteiger partial charge >= 0.3 is 0 Å². The van der Waals surface area contributed by atoms with Gasteiger partial charge in [0, 0.05) is 18.9 Å². The molecule has 5 rings (SSSR count). The first-order valence-electron chi connectivity index (χ1n) is 10.4. The Hall–Kier alpha value is -4.26. The molecule has 3 aromatic carbocycles. The highest BCUT2D eigenvalue weighted by molar-refractivity contribution is 5.96. The second-order valence-corrected chi connectivity index (χ2v) is 7.58. The van der Waals surface area contributed by atoms with Crippen molar-refractivity contribution in [1.29, 1.82) is 0 Å². The molecule has 0 fully saturated rings. The Morgan fingerprint density at radius 3 is 2.59 bits per heavy atom. The summed E-state index contributed by atoms with van der Waals surface area (Å²) in [7, 11) is 0. The van der Waals surface area contributed by atoms with Crippen LogP contribution in [0.1, 0.15) is 5.56 Å². The van der Waals surface area contributed by atoms with Gasteiger partial charge in [0.25, 0.3) is 5.91 Å². The summed E-state index contributed by atoms with van der Waals surface area (Å²) in [5.41, 5.74) is 3.40. The molecule has 4 aromatic rings. The fourth-order valence-electron chi connectivity index (χ4n) is 3.78. The minimum Gasteiger partial charge on any atom is -0.506 e. The van der Waals surface area contributed by atoms with Gasteiger partial charge in [0.05, 0.1) is 23.6 Å². The fourth-order valence-corrected chi connectivity index (χ4v) is 3.78. The van der Waals surface area contributed by atoms with Crippen LogP contribution in [0, 0.1) is 0 Å². The minimum absolute atomic E-state index is 0.0196. The summed E-state index contributed by atoms with van der Waals surface area (Å²) in [6.45, 7) is 1.01. The number of fused-ring (bicyclic) bond motifs is 1. The van der Waals surface area contributed by atoms with Gasteiger partial charge in [0.2, 0.25) is 0 Å². The van der Waals surface area contributed by atoms with E-state index in [9.17, 15) is 9.90 Å². The zero-order chi connectivity index (χ0) is 21.9. The molecule has 1 aromatic heterocycles. The average Bonchev–Trinajstić information content (AvgIpc) is 3.36. The van der Waals surface area contributed by atoms with E-state index in [0.717, 1.165) is 16.9 Å². The predicted molar refractivity (Wildman–Crippen MR) is 122 cm³/mol. The van der Waals surface area contributed by atoms with Crippen LogP contribution in [0.4, 0.5) is 11.4 Å². The molecule has 1 amide bonds. The molecule has 0 bridgehead atoms. The van der Waals surface area contributed by atoms with Crippen LogP contribution in [0.3, 0.4) is 0 Å². The molecule has 1 aliphatic rings. The maximum absolute atomic E-state index is 12.9. The number of carbonyl (C=O) groups excluding carboxylic acids is 1. The largest absolute Gasteiger partial charge is 0.506 e. The monoisotopic (exact) mass is 426 g/mol. The van der Waals surface area contributed by atoms with E-state index in [0.29, 0.717) is 24.5 Å². The van der Waals surface area contributed by atoms with E-state index >= 15 is 0 Å². The Labute approximate surface area is 185 Å². The zero-order valence-electron chi connectivity index (χ0n) is 17.3. The molecule has 0 radical (unpaired) electrons. The summed E-state index contributed by atoms with van der Waals surface area (Å²) in [4.78, 5) is 15.1. The first kappa shape index (κ1) is 19.7. The van der Waals surface area contributed by atoms with E-state index in [2.05, 4.69) is 27.4 Å². The average molecular weight is 426 g/mol. The third-order valence-electron chi connectivity index (χ3n) is 5.39. The molecule has 1 aliphatic heterocycles. The molecule has 160 valence electrons. The van der Waals surface area contributed by atoms with Crippen LogP contribution < -0.4 is 15.0 Å². The number of para-hydroxylation sites is 4. The van der Waals surface area contributed by atoms with E-state index in [1.165, 1.54) is 6.07 Å². The number of hydrogen-bond donors (Lipinski definition) is 2. The number of ether oxygens (including phenoxy) is 1. The van der Waals surface area contributed by atoms with E-state index in [4.69, 9.17) is 4.74 Å². The van der Waals surface area contributed by atoms with E-state index in [-0.39, 0.29) is 11.7 Å². The molecule has 0 saturated carbocycles. The summed E-state index contributed by atoms with van der Waals surface area (Å²) < 4.78 is 7.81. The van der Waals surface area contributed by atoms with Gasteiger partial charge in [-0.05, 0) is 48.0 Å². The molecule has 0 saturated heterocycles. The minimum atomic E-state index is -0.715. The van der Waals surface area contributed by atoms with Crippen LogP contribution in [0.5, 0.6) is 11.5 Å². The summed E-state index contributed by atoms with van der Waals surface area (Å²) in [6.07, 6.45) is 2.94. The van der Waals surface area contributed by atoms with Crippen molar-refractivity contribution in [3.05, 3.63) is 96.8 Å². The van der Waals surface area contributed by atoms with Crippen molar-refractivity contribution in [2.24, 2.45) is 0 Å². The summed E-state index contributed by atoms with van der Waals surface area (Å²) in [5.74, 6) is 0.371. The number of carbonyl (C=O) groups is 1. The Bertz CT molecular complexity index is 1220. The van der Waals surface area contributed by atoms with Gasteiger partial charge in [-0.1, -0.05) is 36.4 Å². The first-order chi connectivity index (χ1) is 15.7. The zero-order valence-corrected chi connectivity index (χ0v) is 17.3. The molecule has 7 nitrogen and oxygen atoms in total. The molecule has 0 spiro atoms. The van der Waals surface area contributed by atoms with Crippen molar-refractivity contribution in [3.63, 3.8) is 0 Å². The number of phenolic OH excluding ortho intramolecular Hbond substituents is 1. The standard InChI is InChI=1S/C25H22N4O3/c30-22-8-3-1-6-20(22)27-25(31)24-17-28(21-7-2-4-9-23(21)32-24)16-18-10-12-19(13-11-18)29-15-5-14-26-29/h1-15,24,30H,16-17H2,(H,27,31). The van der Waals surface area contributed by atoms with E-state index in [1.807, 2.05) is 53.3 Å². The van der Waals surface area contributed by atoms with Crippen molar-refractivity contribution >= 4 is 17.3 Å². The summed E-state index contributed by atoms with van der Waals surface area (Å²) >= 11 is 0. The van der Waals surface area contributed by atoms with Crippen molar-refractivity contribution < 1.29 is 14.6 Å². The second kappa shape index (κ2) is 8.47. The topological polar surface area (TPSA) is 79.6 Å². The molecule has 7 heteroatoms. The van der Waals surface area contributed by atoms with Crippen molar-refractivity contribution in [2.75, 3.05) is 16.8 Å². The van der Waals surface area contributed by atoms with E-state index in [1.54, 1.807) is 24.4 Å². The maximum Gasteiger partial charge on any atom is 0.267 e. The molecule has 0 aliphatic carbocycles. The van der Waals surface area contributed by atoms with Gasteiger partial charge in [-0.15, -0.1) is 0 Å². The maximum atomic E-state index is 12.9. The lowest BCUT2D eigenvalue weighted by Crippen LogP contribution is -2.46. The highest BCUT2D eigenvalue weighted by atomic mass is 16.5. The van der Waals surface area contributed by atoms with Crippen molar-refractivity contribution in [2.45, 2.75) is 12.6 Å². The van der Waals surface area contributed by atoms with Crippen LogP contribution in [0.15, 0.2) is 91.3 Å². The highest BCUT2D eigenvalue weighted by Crippen LogP contribution is 2.34. The Morgan fingerprint density at radius 2 is 1.81 bits per heavy atom. The van der Waals surface area contributed by atoms with Gasteiger partial charge in [0.1, 0.15) is 11.5 Å². The van der Waals surface area contributed by atoms with Gasteiger partial charge in [-0.2, -0.15) is 5.10 Å². The number of benzene rings is 3. The smallest absolute Gasteiger partial charge is 0.267 e. The van der Waals surface area contributed by atoms with Crippen LogP contribution >= 0.6 is 0 Å². The number of amides is 1. The predicted octanol–water partition coefficient (Wildman–Crippen LogP) is 3.98. The van der Waals surface area contributed by atoms with Gasteiger partial charge in [0.15, 0.2) is 6.10 Å². The highest BCUT2D eigenvalue weighted by Gasteiger charge is 2.31. The normalized spacial score (nSPS) is 15.0. The third-order valence-corrected chi connectivity index (χ3v) is 5.39. The van der Waals surface area contributed by atoms with Gasteiger partial charge < -0.3 is 20.1 Å². The molecule has 32 heavy (non-hydrogen) atoms. The molecule has 1 unspecified atom stereocenters. The lowest BCUT2D eigenvalue weighted by atomic mass is 10.1. The molecular weight excluding hydrogens is 404 g/mol. The van der Waals surface area contributed by atoms with Crippen LogP contribution in [0.2, 0.25) is 0 Å². The quantitative estimate of drug-likeness (QED) is 0.472. The first-order valence-corrected chi connectivity index (χ1v) is 10.4. The van der Waals surface area contributed by atoms with Gasteiger partial charge in [-0.25, -0.2) is 4.68 Å². The lowest BCUT2D eigenvalue weighted by Gasteiger charge is -2.35. The number of rotatable bonds is 5. The Kier molecular flexibility index (Phi) is 5.21. The lowest BCUT2D eigenvalue weighted by molar-refractivity contribution is -0.122. The third kappa shape index (κ3) is 4.00. The number of nitrogens with one attached hydrogen (secondary N) is 1. The molecule has 1 atom stereocenters. The fraction of sp³-hybridized carbons (Fsp3) is 0.120. The second-order valence-electron chi connectivity index (χ2n) is 7.58. The van der Waals surface area contributed by atoms with Crippen LogP contribution in [-0.2, 0) is 11.3 Å². The number of phenols is 1. The SMILES string of the molecule is O=C(Nc1ccccc1O)C1CN(Cc2ccc(-n3cccn3)cc2)c2ccccc2O1.